The molecule has 0 saturated carbocycles. The fraction of sp³-hybridized carbons (Fsp3) is 0.0455. The molecule has 0 atom stereocenters. The average Bonchev–Trinajstić information content (AvgIpc) is 3.57. The highest BCUT2D eigenvalue weighted by Gasteiger charge is 2.25. The molecule has 0 bridgehead atoms. The van der Waals surface area contributed by atoms with Gasteiger partial charge < -0.3 is 9.73 Å². The number of furan rings is 1. The van der Waals surface area contributed by atoms with E-state index in [2.05, 4.69) is 25.8 Å². The number of para-hydroxylation sites is 1. The van der Waals surface area contributed by atoms with Crippen LogP contribution in [0.1, 0.15) is 11.3 Å². The number of nitrogens with zero attached hydrogens (tertiary/aromatic N) is 6. The number of aliphatic imine (C=N–C) groups is 1. The molecule has 2 aromatic heterocycles. The summed E-state index contributed by atoms with van der Waals surface area (Å²) in [4.78, 5) is 27.8. The Labute approximate surface area is 206 Å². The van der Waals surface area contributed by atoms with Crippen LogP contribution in [0.2, 0.25) is 0 Å². The number of hydrogen-bond donors (Lipinski definition) is 1. The number of hydrogen-bond acceptors (Lipinski definition) is 10. The SMILES string of the molecule is Cc1ccc(N=C2NC(=O)/C(=C/c3ccc(Sc4nnnn4-c4ccccc4)o3)S2)cc1[N+](=O)[O-]. The maximum atomic E-state index is 12.4. The minimum Gasteiger partial charge on any atom is -0.450 e. The van der Waals surface area contributed by atoms with Gasteiger partial charge in [-0.15, -0.1) is 5.10 Å². The molecule has 0 spiro atoms. The minimum absolute atomic E-state index is 0.0316. The Bertz CT molecular complexity index is 1490. The van der Waals surface area contributed by atoms with Crippen molar-refractivity contribution in [2.24, 2.45) is 4.99 Å². The number of carbonyl (C=O) groups excluding carboxylic acids is 1. The van der Waals surface area contributed by atoms with Crippen molar-refractivity contribution in [2.75, 3.05) is 0 Å². The van der Waals surface area contributed by atoms with Crippen molar-refractivity contribution in [3.8, 4) is 5.69 Å². The number of thioether (sulfide) groups is 1. The summed E-state index contributed by atoms with van der Waals surface area (Å²) in [5.41, 5.74) is 1.70. The zero-order chi connectivity index (χ0) is 24.4. The normalized spacial score (nSPS) is 15.6. The Morgan fingerprint density at radius 3 is 2.83 bits per heavy atom. The van der Waals surface area contributed by atoms with Crippen LogP contribution in [0.3, 0.4) is 0 Å². The van der Waals surface area contributed by atoms with Crippen LogP contribution in [0.5, 0.6) is 0 Å². The molecule has 1 aliphatic rings. The Morgan fingerprint density at radius 2 is 2.03 bits per heavy atom. The van der Waals surface area contributed by atoms with E-state index in [1.54, 1.807) is 41.9 Å². The topological polar surface area (TPSA) is 141 Å². The third-order valence-electron chi connectivity index (χ3n) is 4.78. The molecule has 3 heterocycles. The summed E-state index contributed by atoms with van der Waals surface area (Å²) < 4.78 is 7.44. The van der Waals surface area contributed by atoms with Gasteiger partial charge in [-0.05, 0) is 71.2 Å². The number of amidine groups is 1. The van der Waals surface area contributed by atoms with Crippen LogP contribution in [-0.4, -0.2) is 36.2 Å². The molecule has 1 aliphatic heterocycles. The molecule has 5 rings (SSSR count). The number of amides is 1. The van der Waals surface area contributed by atoms with Crippen LogP contribution in [0.25, 0.3) is 11.8 Å². The third kappa shape index (κ3) is 5.00. The van der Waals surface area contributed by atoms with Crippen LogP contribution in [0, 0.1) is 17.0 Å². The number of nitrogens with one attached hydrogen (secondary N) is 1. The second-order valence-electron chi connectivity index (χ2n) is 7.18. The van der Waals surface area contributed by atoms with Crippen molar-refractivity contribution < 1.29 is 14.1 Å². The van der Waals surface area contributed by atoms with Gasteiger partial charge in [0.05, 0.1) is 21.2 Å². The molecule has 0 aliphatic carbocycles. The Kier molecular flexibility index (Phi) is 6.16. The van der Waals surface area contributed by atoms with Crippen molar-refractivity contribution in [1.82, 2.24) is 25.5 Å². The van der Waals surface area contributed by atoms with E-state index in [0.29, 0.717) is 37.3 Å². The predicted molar refractivity (Wildman–Crippen MR) is 131 cm³/mol. The second kappa shape index (κ2) is 9.56. The molecule has 1 fully saturated rings. The highest BCUT2D eigenvalue weighted by Crippen LogP contribution is 2.33. The highest BCUT2D eigenvalue weighted by atomic mass is 32.2. The van der Waals surface area contributed by atoms with Crippen LogP contribution in [-0.2, 0) is 4.79 Å². The van der Waals surface area contributed by atoms with Crippen molar-refractivity contribution >= 4 is 52.0 Å². The van der Waals surface area contributed by atoms with E-state index in [1.165, 1.54) is 17.8 Å². The molecule has 174 valence electrons. The first kappa shape index (κ1) is 22.6. The fourth-order valence-corrected chi connectivity index (χ4v) is 4.70. The maximum Gasteiger partial charge on any atom is 0.274 e. The van der Waals surface area contributed by atoms with Crippen LogP contribution in [0.4, 0.5) is 11.4 Å². The lowest BCUT2D eigenvalue weighted by molar-refractivity contribution is -0.385. The summed E-state index contributed by atoms with van der Waals surface area (Å²) in [5, 5.41) is 27.0. The van der Waals surface area contributed by atoms with Crippen molar-refractivity contribution in [3.05, 3.63) is 87.0 Å². The molecule has 1 saturated heterocycles. The largest absolute Gasteiger partial charge is 0.450 e. The number of rotatable bonds is 6. The summed E-state index contributed by atoms with van der Waals surface area (Å²) in [7, 11) is 0. The molecular weight excluding hydrogens is 490 g/mol. The van der Waals surface area contributed by atoms with Gasteiger partial charge in [-0.25, -0.2) is 4.99 Å². The van der Waals surface area contributed by atoms with Gasteiger partial charge in [-0.3, -0.25) is 14.9 Å². The van der Waals surface area contributed by atoms with Gasteiger partial charge in [-0.2, -0.15) is 4.68 Å². The number of aryl methyl sites for hydroxylation is 1. The van der Waals surface area contributed by atoms with Gasteiger partial charge in [-0.1, -0.05) is 24.3 Å². The number of nitro benzene ring substituents is 1. The second-order valence-corrected chi connectivity index (χ2v) is 9.18. The van der Waals surface area contributed by atoms with E-state index in [0.717, 1.165) is 17.4 Å². The lowest BCUT2D eigenvalue weighted by Crippen LogP contribution is -2.19. The lowest BCUT2D eigenvalue weighted by atomic mass is 10.2. The summed E-state index contributed by atoms with van der Waals surface area (Å²) >= 11 is 2.37. The van der Waals surface area contributed by atoms with E-state index in [-0.39, 0.29) is 11.6 Å². The molecule has 0 radical (unpaired) electrons. The zero-order valence-electron chi connectivity index (χ0n) is 18.0. The Balaban J connectivity index is 1.31. The standard InChI is InChI=1S/C22H15N7O4S2/c1-13-7-8-14(11-17(13)29(31)32)23-21-24-20(30)18(34-21)12-16-9-10-19(33-16)35-22-25-26-27-28(22)15-5-3-2-4-6-15/h2-12H,1H3,(H,23,24,30)/b18-12-. The number of nitro groups is 1. The van der Waals surface area contributed by atoms with Gasteiger partial charge in [0.25, 0.3) is 11.6 Å². The number of benzene rings is 2. The Morgan fingerprint density at radius 1 is 1.20 bits per heavy atom. The maximum absolute atomic E-state index is 12.4. The van der Waals surface area contributed by atoms with E-state index in [1.807, 2.05) is 30.3 Å². The molecular formula is C22H15N7O4S2. The molecule has 13 heteroatoms. The first-order valence-corrected chi connectivity index (χ1v) is 11.8. The molecule has 11 nitrogen and oxygen atoms in total. The average molecular weight is 506 g/mol. The number of tetrazole rings is 1. The minimum atomic E-state index is -0.463. The quantitative estimate of drug-likeness (QED) is 0.227. The van der Waals surface area contributed by atoms with E-state index < -0.39 is 4.92 Å². The molecule has 4 aromatic rings. The van der Waals surface area contributed by atoms with Crippen LogP contribution >= 0.6 is 23.5 Å². The Hall–Kier alpha value is -4.23. The van der Waals surface area contributed by atoms with Gasteiger partial charge in [0.2, 0.25) is 5.16 Å². The summed E-state index contributed by atoms with van der Waals surface area (Å²) in [5.74, 6) is 0.130. The van der Waals surface area contributed by atoms with Crippen molar-refractivity contribution in [3.63, 3.8) is 0 Å². The van der Waals surface area contributed by atoms with Crippen LogP contribution < -0.4 is 5.32 Å². The zero-order valence-corrected chi connectivity index (χ0v) is 19.6. The van der Waals surface area contributed by atoms with Gasteiger partial charge in [0.1, 0.15) is 5.76 Å². The molecule has 0 unspecified atom stereocenters. The molecule has 2 aromatic carbocycles. The molecule has 1 amide bonds. The smallest absolute Gasteiger partial charge is 0.274 e. The number of carbonyl (C=O) groups is 1. The van der Waals surface area contributed by atoms with Gasteiger partial charge in [0, 0.05) is 17.7 Å². The first-order chi connectivity index (χ1) is 17.0. The first-order valence-electron chi connectivity index (χ1n) is 10.1. The van der Waals surface area contributed by atoms with Crippen molar-refractivity contribution in [1.29, 1.82) is 0 Å². The fourth-order valence-electron chi connectivity index (χ4n) is 3.12. The van der Waals surface area contributed by atoms with Crippen molar-refractivity contribution in [2.45, 2.75) is 17.2 Å². The van der Waals surface area contributed by atoms with E-state index in [4.69, 9.17) is 4.42 Å². The third-order valence-corrected chi connectivity index (χ3v) is 6.55. The van der Waals surface area contributed by atoms with Crippen LogP contribution in [0.15, 0.2) is 85.2 Å². The molecule has 35 heavy (non-hydrogen) atoms. The number of aromatic nitrogens is 4. The van der Waals surface area contributed by atoms with E-state index >= 15 is 0 Å². The monoisotopic (exact) mass is 505 g/mol. The van der Waals surface area contributed by atoms with E-state index in [9.17, 15) is 14.9 Å². The molecule has 1 N–H and O–H groups in total. The lowest BCUT2D eigenvalue weighted by Gasteiger charge is -2.01. The predicted octanol–water partition coefficient (Wildman–Crippen LogP) is 4.51. The summed E-state index contributed by atoms with van der Waals surface area (Å²) in [6.07, 6.45) is 1.60. The summed E-state index contributed by atoms with van der Waals surface area (Å²) in [6.45, 7) is 1.65. The van der Waals surface area contributed by atoms with Gasteiger partial charge in [0.15, 0.2) is 10.3 Å². The summed E-state index contributed by atoms with van der Waals surface area (Å²) in [6, 6.07) is 17.6. The van der Waals surface area contributed by atoms with Gasteiger partial charge >= 0.3 is 0 Å². The highest BCUT2D eigenvalue weighted by molar-refractivity contribution is 8.18.